The Balaban J connectivity index is 1.73. The monoisotopic (exact) mass is 299 g/mol. The minimum absolute atomic E-state index is 0.315. The Labute approximate surface area is 128 Å². The molecule has 0 radical (unpaired) electrons. The number of aromatic nitrogens is 2. The molecule has 1 aromatic heterocycles. The van der Waals surface area contributed by atoms with E-state index in [4.69, 9.17) is 9.47 Å². The molecule has 0 N–H and O–H groups in total. The third-order valence-electron chi connectivity index (χ3n) is 3.54. The summed E-state index contributed by atoms with van der Waals surface area (Å²) in [6.07, 6.45) is 5.07. The van der Waals surface area contributed by atoms with Gasteiger partial charge in [-0.1, -0.05) is 12.1 Å². The maximum absolute atomic E-state index is 12.0. The van der Waals surface area contributed by atoms with Gasteiger partial charge in [0.1, 0.15) is 5.75 Å². The second kappa shape index (κ2) is 6.01. The number of aliphatic imine (C=N–C) groups is 1. The normalized spacial score (nSPS) is 17.3. The Kier molecular flexibility index (Phi) is 3.91. The SMILES string of the molecule is COc1ccccc1C1=NC(CCc2cnn(C)c2)C(=O)O1. The number of nitrogens with zero attached hydrogens (tertiary/aromatic N) is 3. The number of rotatable bonds is 5. The molecule has 6 nitrogen and oxygen atoms in total. The minimum atomic E-state index is -0.472. The summed E-state index contributed by atoms with van der Waals surface area (Å²) in [5.74, 6) is 0.658. The average molecular weight is 299 g/mol. The number of para-hydroxylation sites is 1. The van der Waals surface area contributed by atoms with Gasteiger partial charge in [-0.15, -0.1) is 0 Å². The molecular formula is C16H17N3O3. The van der Waals surface area contributed by atoms with Crippen LogP contribution < -0.4 is 4.74 Å². The van der Waals surface area contributed by atoms with Crippen molar-refractivity contribution in [1.82, 2.24) is 9.78 Å². The third-order valence-corrected chi connectivity index (χ3v) is 3.54. The van der Waals surface area contributed by atoms with Crippen molar-refractivity contribution < 1.29 is 14.3 Å². The zero-order chi connectivity index (χ0) is 15.5. The first-order chi connectivity index (χ1) is 10.7. The highest BCUT2D eigenvalue weighted by molar-refractivity contribution is 6.07. The molecule has 0 saturated heterocycles. The van der Waals surface area contributed by atoms with Gasteiger partial charge in [-0.3, -0.25) is 4.68 Å². The van der Waals surface area contributed by atoms with Crippen LogP contribution in [0.1, 0.15) is 17.5 Å². The molecule has 0 saturated carbocycles. The van der Waals surface area contributed by atoms with Gasteiger partial charge in [-0.2, -0.15) is 5.10 Å². The van der Waals surface area contributed by atoms with E-state index in [1.54, 1.807) is 18.0 Å². The molecule has 0 spiro atoms. The Hall–Kier alpha value is -2.63. The van der Waals surface area contributed by atoms with Crippen molar-refractivity contribution >= 4 is 11.9 Å². The summed E-state index contributed by atoms with van der Waals surface area (Å²) in [7, 11) is 3.45. The summed E-state index contributed by atoms with van der Waals surface area (Å²) in [6.45, 7) is 0. The Morgan fingerprint density at radius 3 is 2.91 bits per heavy atom. The third kappa shape index (κ3) is 2.86. The average Bonchev–Trinajstić information content (AvgIpc) is 3.11. The molecule has 2 aromatic rings. The standard InChI is InChI=1S/C16H17N3O3/c1-19-10-11(9-17-19)7-8-13-16(20)22-15(18-13)12-5-3-4-6-14(12)21-2/h3-6,9-10,13H,7-8H2,1-2H3. The number of cyclic esters (lactones) is 1. The maximum atomic E-state index is 12.0. The zero-order valence-electron chi connectivity index (χ0n) is 12.5. The number of carbonyl (C=O) groups is 1. The molecule has 1 aliphatic rings. The second-order valence-corrected chi connectivity index (χ2v) is 5.13. The summed E-state index contributed by atoms with van der Waals surface area (Å²) in [6, 6.07) is 6.89. The molecule has 0 amide bonds. The van der Waals surface area contributed by atoms with E-state index in [1.165, 1.54) is 0 Å². The summed E-state index contributed by atoms with van der Waals surface area (Å²) in [4.78, 5) is 16.4. The van der Waals surface area contributed by atoms with Crippen LogP contribution in [0.5, 0.6) is 5.75 Å². The number of esters is 1. The predicted octanol–water partition coefficient (Wildman–Crippen LogP) is 1.73. The lowest BCUT2D eigenvalue weighted by Crippen LogP contribution is -2.16. The lowest BCUT2D eigenvalue weighted by molar-refractivity contribution is -0.135. The fourth-order valence-corrected chi connectivity index (χ4v) is 2.42. The molecule has 1 unspecified atom stereocenters. The van der Waals surface area contributed by atoms with E-state index in [9.17, 15) is 4.79 Å². The number of methoxy groups -OCH3 is 1. The Morgan fingerprint density at radius 2 is 2.18 bits per heavy atom. The molecule has 3 rings (SSSR count). The van der Waals surface area contributed by atoms with Crippen LogP contribution in [-0.4, -0.2) is 34.8 Å². The van der Waals surface area contributed by atoms with Crippen LogP contribution in [0, 0.1) is 0 Å². The topological polar surface area (TPSA) is 65.7 Å². The molecule has 2 heterocycles. The lowest BCUT2D eigenvalue weighted by Gasteiger charge is -2.06. The van der Waals surface area contributed by atoms with E-state index in [0.29, 0.717) is 23.6 Å². The fourth-order valence-electron chi connectivity index (χ4n) is 2.42. The second-order valence-electron chi connectivity index (χ2n) is 5.13. The van der Waals surface area contributed by atoms with Crippen molar-refractivity contribution in [3.05, 3.63) is 47.8 Å². The van der Waals surface area contributed by atoms with E-state index >= 15 is 0 Å². The summed E-state index contributed by atoms with van der Waals surface area (Å²) in [5, 5.41) is 4.11. The molecule has 1 atom stereocenters. The van der Waals surface area contributed by atoms with Crippen molar-refractivity contribution in [2.45, 2.75) is 18.9 Å². The molecule has 1 aliphatic heterocycles. The van der Waals surface area contributed by atoms with Crippen LogP contribution in [0.2, 0.25) is 0 Å². The van der Waals surface area contributed by atoms with Gasteiger partial charge in [0, 0.05) is 13.2 Å². The summed E-state index contributed by atoms with van der Waals surface area (Å²) in [5.41, 5.74) is 1.78. The number of ether oxygens (including phenoxy) is 2. The first kappa shape index (κ1) is 14.3. The van der Waals surface area contributed by atoms with Gasteiger partial charge in [0.25, 0.3) is 0 Å². The van der Waals surface area contributed by atoms with Crippen LogP contribution in [0.25, 0.3) is 0 Å². The van der Waals surface area contributed by atoms with Crippen LogP contribution >= 0.6 is 0 Å². The molecular weight excluding hydrogens is 282 g/mol. The summed E-state index contributed by atoms with van der Waals surface area (Å²) < 4.78 is 12.3. The van der Waals surface area contributed by atoms with Gasteiger partial charge < -0.3 is 9.47 Å². The molecule has 22 heavy (non-hydrogen) atoms. The Bertz CT molecular complexity index is 721. The Morgan fingerprint density at radius 1 is 1.36 bits per heavy atom. The highest BCUT2D eigenvalue weighted by Crippen LogP contribution is 2.24. The van der Waals surface area contributed by atoms with Gasteiger partial charge in [0.15, 0.2) is 6.04 Å². The first-order valence-electron chi connectivity index (χ1n) is 7.08. The molecule has 1 aromatic carbocycles. The highest BCUT2D eigenvalue weighted by atomic mass is 16.6. The number of hydrogen-bond acceptors (Lipinski definition) is 5. The van der Waals surface area contributed by atoms with Gasteiger partial charge in [-0.25, -0.2) is 9.79 Å². The van der Waals surface area contributed by atoms with Crippen molar-refractivity contribution in [2.24, 2.45) is 12.0 Å². The van der Waals surface area contributed by atoms with E-state index < -0.39 is 6.04 Å². The van der Waals surface area contributed by atoms with E-state index in [0.717, 1.165) is 12.0 Å². The fraction of sp³-hybridized carbons (Fsp3) is 0.312. The number of benzene rings is 1. The van der Waals surface area contributed by atoms with Gasteiger partial charge in [0.05, 0.1) is 18.9 Å². The quantitative estimate of drug-likeness (QED) is 0.789. The number of carbonyl (C=O) groups excluding carboxylic acids is 1. The number of aryl methyl sites for hydroxylation is 2. The maximum Gasteiger partial charge on any atom is 0.337 e. The minimum Gasteiger partial charge on any atom is -0.496 e. The largest absolute Gasteiger partial charge is 0.496 e. The highest BCUT2D eigenvalue weighted by Gasteiger charge is 2.30. The van der Waals surface area contributed by atoms with Gasteiger partial charge >= 0.3 is 5.97 Å². The lowest BCUT2D eigenvalue weighted by atomic mass is 10.1. The van der Waals surface area contributed by atoms with E-state index in [-0.39, 0.29) is 5.97 Å². The zero-order valence-corrected chi connectivity index (χ0v) is 12.5. The molecule has 0 fully saturated rings. The van der Waals surface area contributed by atoms with E-state index in [1.807, 2.05) is 37.5 Å². The molecule has 6 heteroatoms. The van der Waals surface area contributed by atoms with Crippen molar-refractivity contribution in [3.8, 4) is 5.75 Å². The first-order valence-corrected chi connectivity index (χ1v) is 7.08. The summed E-state index contributed by atoms with van der Waals surface area (Å²) >= 11 is 0. The van der Waals surface area contributed by atoms with Crippen molar-refractivity contribution in [1.29, 1.82) is 0 Å². The van der Waals surface area contributed by atoms with Gasteiger partial charge in [-0.05, 0) is 30.5 Å². The van der Waals surface area contributed by atoms with Crippen LogP contribution in [0.3, 0.4) is 0 Å². The van der Waals surface area contributed by atoms with Gasteiger partial charge in [0.2, 0.25) is 5.90 Å². The molecule has 114 valence electrons. The van der Waals surface area contributed by atoms with Crippen LogP contribution in [0.15, 0.2) is 41.7 Å². The van der Waals surface area contributed by atoms with Crippen LogP contribution in [-0.2, 0) is 23.0 Å². The molecule has 0 aliphatic carbocycles. The van der Waals surface area contributed by atoms with E-state index in [2.05, 4.69) is 10.1 Å². The smallest absolute Gasteiger partial charge is 0.337 e. The van der Waals surface area contributed by atoms with Crippen molar-refractivity contribution in [3.63, 3.8) is 0 Å². The van der Waals surface area contributed by atoms with Crippen molar-refractivity contribution in [2.75, 3.05) is 7.11 Å². The van der Waals surface area contributed by atoms with Crippen LogP contribution in [0.4, 0.5) is 0 Å². The predicted molar refractivity (Wildman–Crippen MR) is 80.9 cm³/mol. The number of hydrogen-bond donors (Lipinski definition) is 0. The molecule has 0 bridgehead atoms.